The Labute approximate surface area is 292 Å². The Morgan fingerprint density at radius 1 is 1.02 bits per heavy atom. The number of hydrogen-bond acceptors (Lipinski definition) is 8. The van der Waals surface area contributed by atoms with Gasteiger partial charge in [0.1, 0.15) is 17.7 Å². The molecule has 11 nitrogen and oxygen atoms in total. The number of carbonyl (C=O) groups excluding carboxylic acids is 4. The van der Waals surface area contributed by atoms with Gasteiger partial charge in [0.05, 0.1) is 34.6 Å². The number of aromatic nitrogens is 1. The lowest BCUT2D eigenvalue weighted by molar-refractivity contribution is -0.144. The summed E-state index contributed by atoms with van der Waals surface area (Å²) in [4.78, 5) is 59.8. The molecule has 4 amide bonds. The number of amides is 4. The van der Waals surface area contributed by atoms with E-state index in [9.17, 15) is 24.3 Å². The molecule has 1 aliphatic heterocycles. The van der Waals surface area contributed by atoms with Crippen LogP contribution in [0.3, 0.4) is 0 Å². The van der Waals surface area contributed by atoms with Gasteiger partial charge in [-0.2, -0.15) is 0 Å². The highest BCUT2D eigenvalue weighted by Crippen LogP contribution is 2.29. The number of aryl methyl sites for hydroxylation is 1. The zero-order chi connectivity index (χ0) is 36.1. The number of benzene rings is 2. The molecule has 1 aromatic heterocycles. The Balaban J connectivity index is 1.40. The van der Waals surface area contributed by atoms with E-state index in [0.717, 1.165) is 27.3 Å². The maximum Gasteiger partial charge on any atom is 0.407 e. The smallest absolute Gasteiger partial charge is 0.407 e. The Morgan fingerprint density at radius 3 is 2.31 bits per heavy atom. The van der Waals surface area contributed by atoms with E-state index in [4.69, 9.17) is 4.74 Å². The molecule has 0 unspecified atom stereocenters. The van der Waals surface area contributed by atoms with Gasteiger partial charge in [-0.1, -0.05) is 69.3 Å². The van der Waals surface area contributed by atoms with Gasteiger partial charge in [0.2, 0.25) is 17.7 Å². The van der Waals surface area contributed by atoms with E-state index in [1.165, 1.54) is 4.90 Å². The van der Waals surface area contributed by atoms with Crippen LogP contribution in [0, 0.1) is 12.3 Å². The lowest BCUT2D eigenvalue weighted by atomic mass is 9.85. The zero-order valence-electron chi connectivity index (χ0n) is 29.6. The van der Waals surface area contributed by atoms with Gasteiger partial charge >= 0.3 is 6.09 Å². The molecule has 4 atom stereocenters. The molecule has 12 heteroatoms. The normalized spacial score (nSPS) is 17.6. The number of rotatable bonds is 10. The van der Waals surface area contributed by atoms with Crippen LogP contribution >= 0.6 is 11.3 Å². The van der Waals surface area contributed by atoms with Crippen LogP contribution in [0.5, 0.6) is 0 Å². The molecule has 2 aromatic carbocycles. The van der Waals surface area contributed by atoms with Crippen LogP contribution in [-0.4, -0.2) is 69.1 Å². The Bertz CT molecular complexity index is 1640. The maximum absolute atomic E-state index is 14.0. The standard InChI is InChI=1S/C37H49N5O6S/c1-22(26-12-14-27(15-13-26)31-23(2)39-21-49-31)40-33(45)29-18-28(43)20-42(29)34(46)32(36(3,4)5)41-30(44)17-24-10-9-11-25(16-24)19-38-35(47)48-37(6,7)8/h9-16,21-22,28-29,32,43H,17-20H2,1-8H3,(H,38,47)(H,40,45)(H,41,44)/t22-,28+,29-,32+/m0/s1. The minimum absolute atomic E-state index is 0.00550. The number of ether oxygens (including phenoxy) is 1. The van der Waals surface area contributed by atoms with E-state index in [1.54, 1.807) is 44.2 Å². The van der Waals surface area contributed by atoms with Crippen molar-refractivity contribution >= 4 is 35.2 Å². The topological polar surface area (TPSA) is 150 Å². The summed E-state index contributed by atoms with van der Waals surface area (Å²) in [6.45, 7) is 15.0. The van der Waals surface area contributed by atoms with Crippen molar-refractivity contribution in [3.8, 4) is 10.4 Å². The Hall–Kier alpha value is -4.29. The number of β-amino-alcohol motifs (C(OH)–C–C–N with tert-alkyl or cyclic N) is 1. The molecule has 1 saturated heterocycles. The molecule has 0 spiro atoms. The van der Waals surface area contributed by atoms with E-state index in [2.05, 4.69) is 20.9 Å². The third-order valence-corrected chi connectivity index (χ3v) is 9.23. The molecule has 4 N–H and O–H groups in total. The first-order valence-corrected chi connectivity index (χ1v) is 17.4. The Morgan fingerprint density at radius 2 is 1.69 bits per heavy atom. The summed E-state index contributed by atoms with van der Waals surface area (Å²) in [7, 11) is 0. The number of likely N-dealkylation sites (tertiary alicyclic amines) is 1. The fourth-order valence-electron chi connectivity index (χ4n) is 5.75. The minimum Gasteiger partial charge on any atom is -0.444 e. The van der Waals surface area contributed by atoms with Gasteiger partial charge in [-0.05, 0) is 62.3 Å². The van der Waals surface area contributed by atoms with Crippen molar-refractivity contribution in [2.75, 3.05) is 6.54 Å². The summed E-state index contributed by atoms with van der Waals surface area (Å²) in [5.41, 5.74) is 4.93. The molecule has 1 fully saturated rings. The van der Waals surface area contributed by atoms with E-state index < -0.39 is 41.2 Å². The van der Waals surface area contributed by atoms with Crippen LogP contribution in [0.1, 0.15) is 83.3 Å². The first kappa shape index (κ1) is 37.5. The third kappa shape index (κ3) is 10.4. The molecular formula is C37H49N5O6S. The molecular weight excluding hydrogens is 643 g/mol. The van der Waals surface area contributed by atoms with Crippen molar-refractivity contribution in [2.24, 2.45) is 5.41 Å². The van der Waals surface area contributed by atoms with E-state index in [-0.39, 0.29) is 43.8 Å². The average molecular weight is 692 g/mol. The molecule has 0 saturated carbocycles. The second kappa shape index (κ2) is 15.5. The SMILES string of the molecule is Cc1ncsc1-c1ccc([C@H](C)NC(=O)[C@@H]2C[C@@H](O)CN2C(=O)[C@@H](NC(=O)Cc2cccc(CNC(=O)OC(C)(C)C)c2)C(C)(C)C)cc1. The van der Waals surface area contributed by atoms with Crippen LogP contribution in [0.15, 0.2) is 54.0 Å². The fraction of sp³-hybridized carbons (Fsp3) is 0.486. The van der Waals surface area contributed by atoms with Gasteiger partial charge in [-0.15, -0.1) is 11.3 Å². The molecule has 3 aromatic rings. The molecule has 49 heavy (non-hydrogen) atoms. The fourth-order valence-corrected chi connectivity index (χ4v) is 6.56. The van der Waals surface area contributed by atoms with Crippen LogP contribution in [0.2, 0.25) is 0 Å². The zero-order valence-corrected chi connectivity index (χ0v) is 30.4. The lowest BCUT2D eigenvalue weighted by Gasteiger charge is -2.35. The molecule has 264 valence electrons. The monoisotopic (exact) mass is 691 g/mol. The predicted octanol–water partition coefficient (Wildman–Crippen LogP) is 5.06. The second-order valence-corrected chi connectivity index (χ2v) is 15.6. The van der Waals surface area contributed by atoms with E-state index >= 15 is 0 Å². The Kier molecular flexibility index (Phi) is 11.9. The van der Waals surface area contributed by atoms with Crippen LogP contribution in [0.25, 0.3) is 10.4 Å². The van der Waals surface area contributed by atoms with Crippen LogP contribution in [-0.2, 0) is 32.1 Å². The van der Waals surface area contributed by atoms with Crippen molar-refractivity contribution in [3.63, 3.8) is 0 Å². The summed E-state index contributed by atoms with van der Waals surface area (Å²) >= 11 is 1.57. The number of aliphatic hydroxyl groups is 1. The summed E-state index contributed by atoms with van der Waals surface area (Å²) < 4.78 is 5.29. The molecule has 2 heterocycles. The summed E-state index contributed by atoms with van der Waals surface area (Å²) in [6, 6.07) is 13.0. The molecule has 0 radical (unpaired) electrons. The van der Waals surface area contributed by atoms with E-state index in [1.807, 2.05) is 76.5 Å². The second-order valence-electron chi connectivity index (χ2n) is 14.7. The van der Waals surface area contributed by atoms with Crippen molar-refractivity contribution < 1.29 is 29.0 Å². The van der Waals surface area contributed by atoms with Crippen molar-refractivity contribution in [3.05, 3.63) is 76.4 Å². The number of alkyl carbamates (subject to hydrolysis) is 1. The van der Waals surface area contributed by atoms with Gasteiger partial charge in [-0.25, -0.2) is 9.78 Å². The maximum atomic E-state index is 14.0. The van der Waals surface area contributed by atoms with Crippen molar-refractivity contribution in [1.82, 2.24) is 25.8 Å². The van der Waals surface area contributed by atoms with Gasteiger partial charge in [0.25, 0.3) is 0 Å². The highest BCUT2D eigenvalue weighted by atomic mass is 32.1. The van der Waals surface area contributed by atoms with E-state index in [0.29, 0.717) is 5.56 Å². The first-order valence-electron chi connectivity index (χ1n) is 16.5. The number of nitrogens with one attached hydrogen (secondary N) is 3. The quantitative estimate of drug-likeness (QED) is 0.232. The lowest BCUT2D eigenvalue weighted by Crippen LogP contribution is -2.58. The van der Waals surface area contributed by atoms with Gasteiger partial charge in [0, 0.05) is 19.5 Å². The molecule has 0 aliphatic carbocycles. The number of hydrogen-bond donors (Lipinski definition) is 4. The third-order valence-electron chi connectivity index (χ3n) is 8.25. The molecule has 0 bridgehead atoms. The number of thiazole rings is 1. The first-order chi connectivity index (χ1) is 22.9. The van der Waals surface area contributed by atoms with Crippen molar-refractivity contribution in [2.45, 2.75) is 105 Å². The summed E-state index contributed by atoms with van der Waals surface area (Å²) in [6.07, 6.45) is -1.30. The molecule has 4 rings (SSSR count). The van der Waals surface area contributed by atoms with Crippen LogP contribution in [0.4, 0.5) is 4.79 Å². The number of carbonyl (C=O) groups is 4. The highest BCUT2D eigenvalue weighted by molar-refractivity contribution is 7.13. The molecule has 1 aliphatic rings. The minimum atomic E-state index is -0.946. The number of aliphatic hydroxyl groups excluding tert-OH is 1. The largest absolute Gasteiger partial charge is 0.444 e. The van der Waals surface area contributed by atoms with Gasteiger partial charge in [-0.3, -0.25) is 14.4 Å². The average Bonchev–Trinajstić information content (AvgIpc) is 3.62. The van der Waals surface area contributed by atoms with Crippen molar-refractivity contribution in [1.29, 1.82) is 0 Å². The highest BCUT2D eigenvalue weighted by Gasteiger charge is 2.44. The number of nitrogens with zero attached hydrogens (tertiary/aromatic N) is 2. The summed E-state index contributed by atoms with van der Waals surface area (Å²) in [5.74, 6) is -1.16. The summed E-state index contributed by atoms with van der Waals surface area (Å²) in [5, 5.41) is 19.2. The van der Waals surface area contributed by atoms with Gasteiger partial charge in [0.15, 0.2) is 0 Å². The van der Waals surface area contributed by atoms with Crippen LogP contribution < -0.4 is 16.0 Å². The predicted molar refractivity (Wildman–Crippen MR) is 190 cm³/mol. The van der Waals surface area contributed by atoms with Gasteiger partial charge < -0.3 is 30.7 Å².